The molecule has 0 aromatic heterocycles. The summed E-state index contributed by atoms with van der Waals surface area (Å²) in [5.41, 5.74) is 1.60. The molecule has 4 atom stereocenters. The second kappa shape index (κ2) is 9.12. The Morgan fingerprint density at radius 2 is 2.15 bits per heavy atom. The van der Waals surface area contributed by atoms with Gasteiger partial charge in [0.05, 0.1) is 24.7 Å². The van der Waals surface area contributed by atoms with Crippen LogP contribution in [0.2, 0.25) is 0 Å². The van der Waals surface area contributed by atoms with Gasteiger partial charge in [0.2, 0.25) is 0 Å². The van der Waals surface area contributed by atoms with Crippen molar-refractivity contribution in [2.24, 2.45) is 5.92 Å². The Labute approximate surface area is 158 Å². The monoisotopic (exact) mass is 378 g/mol. The lowest BCUT2D eigenvalue weighted by Gasteiger charge is -2.28. The zero-order valence-electron chi connectivity index (χ0n) is 15.4. The molecule has 0 amide bonds. The van der Waals surface area contributed by atoms with Crippen molar-refractivity contribution in [2.45, 2.75) is 44.5 Å². The summed E-state index contributed by atoms with van der Waals surface area (Å²) in [7, 11) is 0. The number of allylic oxidation sites excluding steroid dienone is 1. The van der Waals surface area contributed by atoms with Crippen LogP contribution in [0.1, 0.15) is 26.2 Å². The van der Waals surface area contributed by atoms with E-state index in [1.807, 2.05) is 13.0 Å². The number of rotatable bonds is 5. The van der Waals surface area contributed by atoms with Crippen LogP contribution < -0.4 is 0 Å². The summed E-state index contributed by atoms with van der Waals surface area (Å²) in [6.07, 6.45) is 2.46. The van der Waals surface area contributed by atoms with Gasteiger partial charge in [-0.25, -0.2) is 9.59 Å². The summed E-state index contributed by atoms with van der Waals surface area (Å²) in [4.78, 5) is 24.4. The highest BCUT2D eigenvalue weighted by Gasteiger charge is 2.44. The van der Waals surface area contributed by atoms with Gasteiger partial charge in [-0.3, -0.25) is 0 Å². The van der Waals surface area contributed by atoms with Crippen LogP contribution in [0, 0.1) is 5.92 Å². The van der Waals surface area contributed by atoms with Crippen molar-refractivity contribution >= 4 is 11.9 Å². The first-order valence-corrected chi connectivity index (χ1v) is 8.83. The Morgan fingerprint density at radius 3 is 2.78 bits per heavy atom. The third kappa shape index (κ3) is 4.94. The average Bonchev–Trinajstić information content (AvgIpc) is 2.92. The Hall–Kier alpha value is -2.22. The Balaban J connectivity index is 2.36. The number of ether oxygens (including phenoxy) is 2. The van der Waals surface area contributed by atoms with Gasteiger partial charge in [-0.1, -0.05) is 24.8 Å². The lowest BCUT2D eigenvalue weighted by atomic mass is 9.85. The van der Waals surface area contributed by atoms with Crippen LogP contribution in [0.3, 0.4) is 0 Å². The second-order valence-corrected chi connectivity index (χ2v) is 6.86. The van der Waals surface area contributed by atoms with Gasteiger partial charge in [-0.2, -0.15) is 0 Å². The fraction of sp³-hybridized carbons (Fsp3) is 0.500. The molecule has 0 radical (unpaired) electrons. The molecule has 0 aromatic carbocycles. The van der Waals surface area contributed by atoms with Gasteiger partial charge in [0, 0.05) is 12.0 Å². The maximum atomic E-state index is 12.3. The third-order valence-corrected chi connectivity index (χ3v) is 4.84. The molecule has 1 aliphatic carbocycles. The summed E-state index contributed by atoms with van der Waals surface area (Å²) in [6.45, 7) is 8.32. The van der Waals surface area contributed by atoms with E-state index in [0.29, 0.717) is 19.3 Å². The van der Waals surface area contributed by atoms with Gasteiger partial charge in [0.1, 0.15) is 18.3 Å². The van der Waals surface area contributed by atoms with Gasteiger partial charge in [0.25, 0.3) is 0 Å². The number of aliphatic hydroxyl groups excluding tert-OH is 3. The van der Waals surface area contributed by atoms with E-state index < -0.39 is 42.8 Å². The lowest BCUT2D eigenvalue weighted by Crippen LogP contribution is -2.35. The predicted octanol–water partition coefficient (Wildman–Crippen LogP) is 0.954. The normalized spacial score (nSPS) is 30.9. The number of esters is 2. The fourth-order valence-corrected chi connectivity index (χ4v) is 3.23. The average molecular weight is 378 g/mol. The molecule has 7 heteroatoms. The molecule has 2 rings (SSSR count). The molecule has 0 aromatic rings. The standard InChI is InChI=1S/C20H26O7/c1-11-5-4-6-14(9-21)8-17-18(13(3)20(25)27-17)16(7-11)26-19(24)12(2)15(23)10-22/h5,8,15-18,21-23H,2-4,6-7,9-10H2,1H3/b11-5+,14-8+/t15-,16-,17+,18+/m0/s1. The van der Waals surface area contributed by atoms with Crippen LogP contribution in [0.4, 0.5) is 0 Å². The highest BCUT2D eigenvalue weighted by molar-refractivity contribution is 5.92. The summed E-state index contributed by atoms with van der Waals surface area (Å²) < 4.78 is 10.9. The molecule has 1 fully saturated rings. The second-order valence-electron chi connectivity index (χ2n) is 6.86. The molecule has 27 heavy (non-hydrogen) atoms. The topological polar surface area (TPSA) is 113 Å². The molecular weight excluding hydrogens is 352 g/mol. The quantitative estimate of drug-likeness (QED) is 0.371. The fourth-order valence-electron chi connectivity index (χ4n) is 3.23. The number of carbonyl (C=O) groups is 2. The van der Waals surface area contributed by atoms with E-state index in [1.165, 1.54) is 0 Å². The number of aliphatic hydroxyl groups is 3. The molecule has 0 bridgehead atoms. The zero-order chi connectivity index (χ0) is 20.1. The SMILES string of the molecule is C=C1C(=O)O[C@@H]2/C=C(/CO)CC/C=C(\C)C[C@H](OC(=O)C(=C)[C@@H](O)CO)[C@@H]12. The predicted molar refractivity (Wildman–Crippen MR) is 97.4 cm³/mol. The van der Waals surface area contributed by atoms with E-state index in [4.69, 9.17) is 14.6 Å². The minimum atomic E-state index is -1.42. The summed E-state index contributed by atoms with van der Waals surface area (Å²) >= 11 is 0. The lowest BCUT2D eigenvalue weighted by molar-refractivity contribution is -0.148. The van der Waals surface area contributed by atoms with Crippen molar-refractivity contribution in [2.75, 3.05) is 13.2 Å². The van der Waals surface area contributed by atoms with Crippen LogP contribution in [0.25, 0.3) is 0 Å². The van der Waals surface area contributed by atoms with Gasteiger partial charge < -0.3 is 24.8 Å². The van der Waals surface area contributed by atoms with Crippen LogP contribution >= 0.6 is 0 Å². The molecule has 1 aliphatic heterocycles. The van der Waals surface area contributed by atoms with E-state index >= 15 is 0 Å². The minimum Gasteiger partial charge on any atom is -0.458 e. The van der Waals surface area contributed by atoms with E-state index in [1.54, 1.807) is 6.08 Å². The first-order chi connectivity index (χ1) is 12.8. The van der Waals surface area contributed by atoms with E-state index in [9.17, 15) is 19.8 Å². The summed E-state index contributed by atoms with van der Waals surface area (Å²) in [6, 6.07) is 0. The highest BCUT2D eigenvalue weighted by Crippen LogP contribution is 2.36. The van der Waals surface area contributed by atoms with Crippen molar-refractivity contribution in [3.05, 3.63) is 47.6 Å². The van der Waals surface area contributed by atoms with Crippen LogP contribution in [-0.2, 0) is 19.1 Å². The number of hydrogen-bond acceptors (Lipinski definition) is 7. The van der Waals surface area contributed by atoms with Crippen LogP contribution in [0.15, 0.2) is 47.6 Å². The smallest absolute Gasteiger partial charge is 0.336 e. The van der Waals surface area contributed by atoms with E-state index in [-0.39, 0.29) is 17.8 Å². The number of fused-ring (bicyclic) bond motifs is 1. The van der Waals surface area contributed by atoms with E-state index in [2.05, 4.69) is 13.2 Å². The van der Waals surface area contributed by atoms with Crippen molar-refractivity contribution in [3.63, 3.8) is 0 Å². The Bertz CT molecular complexity index is 688. The molecule has 1 saturated heterocycles. The molecule has 148 valence electrons. The van der Waals surface area contributed by atoms with Crippen LogP contribution in [-0.4, -0.2) is 58.8 Å². The molecule has 0 unspecified atom stereocenters. The zero-order valence-corrected chi connectivity index (χ0v) is 15.4. The molecule has 0 saturated carbocycles. The van der Waals surface area contributed by atoms with Gasteiger partial charge >= 0.3 is 11.9 Å². The minimum absolute atomic E-state index is 0.163. The van der Waals surface area contributed by atoms with Crippen molar-refractivity contribution < 1.29 is 34.4 Å². The third-order valence-electron chi connectivity index (χ3n) is 4.84. The highest BCUT2D eigenvalue weighted by atomic mass is 16.6. The maximum absolute atomic E-state index is 12.3. The van der Waals surface area contributed by atoms with Gasteiger partial charge in [-0.15, -0.1) is 0 Å². The largest absolute Gasteiger partial charge is 0.458 e. The van der Waals surface area contributed by atoms with Gasteiger partial charge in [-0.05, 0) is 31.4 Å². The molecule has 0 spiro atoms. The Kier molecular flexibility index (Phi) is 7.12. The molecule has 1 heterocycles. The number of carbonyl (C=O) groups excluding carboxylic acids is 2. The summed E-state index contributed by atoms with van der Waals surface area (Å²) in [5, 5.41) is 28.2. The van der Waals surface area contributed by atoms with Crippen molar-refractivity contribution in [3.8, 4) is 0 Å². The Morgan fingerprint density at radius 1 is 1.44 bits per heavy atom. The maximum Gasteiger partial charge on any atom is 0.336 e. The molecule has 2 aliphatic rings. The van der Waals surface area contributed by atoms with Gasteiger partial charge in [0.15, 0.2) is 0 Å². The van der Waals surface area contributed by atoms with Crippen LogP contribution in [0.5, 0.6) is 0 Å². The summed E-state index contributed by atoms with van der Waals surface area (Å²) in [5.74, 6) is -2.05. The van der Waals surface area contributed by atoms with E-state index in [0.717, 1.165) is 11.1 Å². The molecule has 3 N–H and O–H groups in total. The first kappa shape index (κ1) is 21.1. The molecule has 7 nitrogen and oxygen atoms in total. The molecular formula is C20H26O7. The van der Waals surface area contributed by atoms with Crippen molar-refractivity contribution in [1.82, 2.24) is 0 Å². The first-order valence-electron chi connectivity index (χ1n) is 8.83. The number of hydrogen-bond donors (Lipinski definition) is 3. The van der Waals surface area contributed by atoms with Crippen molar-refractivity contribution in [1.29, 1.82) is 0 Å².